The Morgan fingerprint density at radius 3 is 2.30 bits per heavy atom. The predicted octanol–water partition coefficient (Wildman–Crippen LogP) is 6.23. The maximum atomic E-state index is 13.4. The van der Waals surface area contributed by atoms with Gasteiger partial charge < -0.3 is 19.5 Å². The van der Waals surface area contributed by atoms with E-state index in [2.05, 4.69) is 13.8 Å². The molecule has 0 aliphatic carbocycles. The molecule has 6 nitrogen and oxygen atoms in total. The van der Waals surface area contributed by atoms with Crippen LogP contribution in [0.5, 0.6) is 11.5 Å². The van der Waals surface area contributed by atoms with Crippen molar-refractivity contribution in [3.63, 3.8) is 0 Å². The number of amides is 1. The summed E-state index contributed by atoms with van der Waals surface area (Å²) in [6.07, 6.45) is -0.0525. The number of hydrogen-bond donors (Lipinski definition) is 1. The van der Waals surface area contributed by atoms with Crippen LogP contribution in [-0.4, -0.2) is 34.9 Å². The SMILES string of the molecule is COc1ccccc1CN1C(=O)C(=O)/C(=C(\O)c2cccc(OC(C)C)c2)C1c1ccc(C(C)C)cc1. The topological polar surface area (TPSA) is 76.1 Å². The fourth-order valence-electron chi connectivity index (χ4n) is 4.61. The van der Waals surface area contributed by atoms with Gasteiger partial charge in [-0.05, 0) is 49.1 Å². The van der Waals surface area contributed by atoms with Crippen molar-refractivity contribution in [3.05, 3.63) is 101 Å². The average molecular weight is 500 g/mol. The quantitative estimate of drug-likeness (QED) is 0.226. The van der Waals surface area contributed by atoms with Gasteiger partial charge in [-0.3, -0.25) is 9.59 Å². The van der Waals surface area contributed by atoms with E-state index < -0.39 is 17.7 Å². The summed E-state index contributed by atoms with van der Waals surface area (Å²) in [6.45, 7) is 8.19. The molecule has 1 N–H and O–H groups in total. The Morgan fingerprint density at radius 1 is 0.946 bits per heavy atom. The molecule has 1 heterocycles. The zero-order valence-corrected chi connectivity index (χ0v) is 21.9. The Balaban J connectivity index is 1.85. The molecule has 4 rings (SSSR count). The molecule has 192 valence electrons. The van der Waals surface area contributed by atoms with Gasteiger partial charge in [-0.1, -0.05) is 68.4 Å². The third-order valence-electron chi connectivity index (χ3n) is 6.47. The maximum absolute atomic E-state index is 13.4. The number of ketones is 1. The van der Waals surface area contributed by atoms with Crippen LogP contribution in [0.2, 0.25) is 0 Å². The summed E-state index contributed by atoms with van der Waals surface area (Å²) < 4.78 is 11.3. The summed E-state index contributed by atoms with van der Waals surface area (Å²) in [5.41, 5.74) is 3.12. The molecule has 1 fully saturated rings. The number of likely N-dealkylation sites (tertiary alicyclic amines) is 1. The van der Waals surface area contributed by atoms with Gasteiger partial charge in [0.1, 0.15) is 17.3 Å². The fourth-order valence-corrected chi connectivity index (χ4v) is 4.61. The van der Waals surface area contributed by atoms with Gasteiger partial charge in [-0.15, -0.1) is 0 Å². The zero-order valence-electron chi connectivity index (χ0n) is 21.9. The molecule has 0 spiro atoms. The smallest absolute Gasteiger partial charge is 0.295 e. The van der Waals surface area contributed by atoms with Crippen LogP contribution in [0.25, 0.3) is 5.76 Å². The number of aliphatic hydroxyl groups excluding tert-OH is 1. The van der Waals surface area contributed by atoms with Crippen LogP contribution in [0, 0.1) is 0 Å². The lowest BCUT2D eigenvalue weighted by Gasteiger charge is -2.26. The van der Waals surface area contributed by atoms with E-state index in [-0.39, 0.29) is 24.0 Å². The highest BCUT2D eigenvalue weighted by atomic mass is 16.5. The van der Waals surface area contributed by atoms with E-state index in [0.29, 0.717) is 23.0 Å². The van der Waals surface area contributed by atoms with E-state index in [1.807, 2.05) is 62.4 Å². The predicted molar refractivity (Wildman–Crippen MR) is 144 cm³/mol. The number of para-hydroxylation sites is 1. The van der Waals surface area contributed by atoms with Crippen molar-refractivity contribution in [1.29, 1.82) is 0 Å². The molecular weight excluding hydrogens is 466 g/mol. The Kier molecular flexibility index (Phi) is 7.67. The molecule has 1 atom stereocenters. The molecule has 6 heteroatoms. The Bertz CT molecular complexity index is 1320. The summed E-state index contributed by atoms with van der Waals surface area (Å²) in [6, 6.07) is 21.4. The molecule has 1 aliphatic rings. The molecule has 0 aromatic heterocycles. The number of nitrogens with zero attached hydrogens (tertiary/aromatic N) is 1. The number of methoxy groups -OCH3 is 1. The zero-order chi connectivity index (χ0) is 26.7. The van der Waals surface area contributed by atoms with Crippen LogP contribution in [-0.2, 0) is 16.1 Å². The van der Waals surface area contributed by atoms with Crippen LogP contribution >= 0.6 is 0 Å². The number of benzene rings is 3. The molecule has 1 amide bonds. The first kappa shape index (κ1) is 26.0. The second-order valence-corrected chi connectivity index (χ2v) is 9.75. The molecule has 1 saturated heterocycles. The van der Waals surface area contributed by atoms with Crippen molar-refractivity contribution in [2.45, 2.75) is 52.3 Å². The molecule has 1 aliphatic heterocycles. The second-order valence-electron chi connectivity index (χ2n) is 9.75. The lowest BCUT2D eigenvalue weighted by Crippen LogP contribution is -2.29. The molecule has 0 radical (unpaired) electrons. The highest BCUT2D eigenvalue weighted by molar-refractivity contribution is 6.46. The van der Waals surface area contributed by atoms with Gasteiger partial charge in [0.05, 0.1) is 31.4 Å². The normalized spacial score (nSPS) is 17.1. The van der Waals surface area contributed by atoms with Crippen LogP contribution < -0.4 is 9.47 Å². The standard InChI is InChI=1S/C31H33NO5/c1-19(2)21-13-15-22(16-14-21)28-27(29(33)23-10-8-11-25(17-23)37-20(3)4)30(34)31(35)32(28)18-24-9-6-7-12-26(24)36-5/h6-17,19-20,28,33H,18H2,1-5H3/b29-27-. The summed E-state index contributed by atoms with van der Waals surface area (Å²) >= 11 is 0. The van der Waals surface area contributed by atoms with Crippen LogP contribution in [0.3, 0.4) is 0 Å². The van der Waals surface area contributed by atoms with Gasteiger partial charge in [-0.25, -0.2) is 0 Å². The monoisotopic (exact) mass is 499 g/mol. The molecule has 0 bridgehead atoms. The number of carbonyl (C=O) groups excluding carboxylic acids is 2. The number of rotatable bonds is 8. The number of carbonyl (C=O) groups is 2. The first-order chi connectivity index (χ1) is 17.7. The van der Waals surface area contributed by atoms with Gasteiger partial charge >= 0.3 is 0 Å². The van der Waals surface area contributed by atoms with Gasteiger partial charge in [-0.2, -0.15) is 0 Å². The van der Waals surface area contributed by atoms with Crippen molar-refractivity contribution >= 4 is 17.4 Å². The van der Waals surface area contributed by atoms with Crippen LogP contribution in [0.1, 0.15) is 61.9 Å². The van der Waals surface area contributed by atoms with Gasteiger partial charge in [0.15, 0.2) is 0 Å². The first-order valence-corrected chi connectivity index (χ1v) is 12.5. The number of Topliss-reactive ketones (excluding diaryl/α,β-unsaturated/α-hetero) is 1. The summed E-state index contributed by atoms with van der Waals surface area (Å²) in [5, 5.41) is 11.4. The highest BCUT2D eigenvalue weighted by Crippen LogP contribution is 2.41. The number of ether oxygens (including phenoxy) is 2. The summed E-state index contributed by atoms with van der Waals surface area (Å²) in [4.78, 5) is 28.3. The minimum atomic E-state index is -0.763. The minimum absolute atomic E-state index is 0.0525. The number of aliphatic hydroxyl groups is 1. The third kappa shape index (κ3) is 5.38. The molecule has 37 heavy (non-hydrogen) atoms. The van der Waals surface area contributed by atoms with Crippen molar-refractivity contribution in [2.24, 2.45) is 0 Å². The minimum Gasteiger partial charge on any atom is -0.507 e. The van der Waals surface area contributed by atoms with Crippen molar-refractivity contribution < 1.29 is 24.2 Å². The number of hydrogen-bond acceptors (Lipinski definition) is 5. The lowest BCUT2D eigenvalue weighted by atomic mass is 9.93. The summed E-state index contributed by atoms with van der Waals surface area (Å²) in [5.74, 6) is -0.0943. The van der Waals surface area contributed by atoms with E-state index in [9.17, 15) is 14.7 Å². The van der Waals surface area contributed by atoms with Crippen molar-refractivity contribution in [1.82, 2.24) is 4.90 Å². The maximum Gasteiger partial charge on any atom is 0.295 e. The van der Waals surface area contributed by atoms with Gasteiger partial charge in [0.2, 0.25) is 0 Å². The van der Waals surface area contributed by atoms with Crippen molar-refractivity contribution in [2.75, 3.05) is 7.11 Å². The third-order valence-corrected chi connectivity index (χ3v) is 6.47. The first-order valence-electron chi connectivity index (χ1n) is 12.5. The van der Waals surface area contributed by atoms with Crippen LogP contribution in [0.15, 0.2) is 78.4 Å². The molecule has 0 saturated carbocycles. The van der Waals surface area contributed by atoms with E-state index in [1.54, 1.807) is 31.4 Å². The lowest BCUT2D eigenvalue weighted by molar-refractivity contribution is -0.140. The average Bonchev–Trinajstić information content (AvgIpc) is 3.13. The summed E-state index contributed by atoms with van der Waals surface area (Å²) in [7, 11) is 1.57. The second kappa shape index (κ2) is 10.9. The van der Waals surface area contributed by atoms with Crippen LogP contribution in [0.4, 0.5) is 0 Å². The van der Waals surface area contributed by atoms with Crippen molar-refractivity contribution in [3.8, 4) is 11.5 Å². The molecular formula is C31H33NO5. The van der Waals surface area contributed by atoms with Gasteiger partial charge in [0, 0.05) is 11.1 Å². The molecule has 3 aromatic carbocycles. The Hall–Kier alpha value is -4.06. The van der Waals surface area contributed by atoms with E-state index in [0.717, 1.165) is 16.7 Å². The largest absolute Gasteiger partial charge is 0.507 e. The van der Waals surface area contributed by atoms with E-state index in [4.69, 9.17) is 9.47 Å². The Morgan fingerprint density at radius 2 is 1.65 bits per heavy atom. The van der Waals surface area contributed by atoms with Gasteiger partial charge in [0.25, 0.3) is 11.7 Å². The molecule has 1 unspecified atom stereocenters. The Labute approximate surface area is 218 Å². The van der Waals surface area contributed by atoms with E-state index in [1.165, 1.54) is 4.90 Å². The van der Waals surface area contributed by atoms with E-state index >= 15 is 0 Å². The molecule has 3 aromatic rings. The fraction of sp³-hybridized carbons (Fsp3) is 0.290. The highest BCUT2D eigenvalue weighted by Gasteiger charge is 2.46.